The molecule has 3 nitrogen and oxygen atoms in total. The summed E-state index contributed by atoms with van der Waals surface area (Å²) in [6.45, 7) is 9.90. The van der Waals surface area contributed by atoms with Crippen LogP contribution < -0.4 is 0 Å². The molecule has 0 aliphatic rings. The molecule has 80 valence electrons. The van der Waals surface area contributed by atoms with Gasteiger partial charge in [-0.1, -0.05) is 0 Å². The molecule has 13 heavy (non-hydrogen) atoms. The lowest BCUT2D eigenvalue weighted by atomic mass is 10.2. The molecule has 0 saturated carbocycles. The second-order valence-electron chi connectivity index (χ2n) is 4.47. The Labute approximate surface area is 81.7 Å². The molecule has 0 spiro atoms. The summed E-state index contributed by atoms with van der Waals surface area (Å²) in [5, 5.41) is 8.88. The van der Waals surface area contributed by atoms with E-state index in [-0.39, 0.29) is 18.2 Å². The first-order valence-corrected chi connectivity index (χ1v) is 4.82. The SMILES string of the molecule is CC(CO)N(C)CCOC(C)(C)C. The molecular weight excluding hydrogens is 166 g/mol. The van der Waals surface area contributed by atoms with Crippen LogP contribution in [0.15, 0.2) is 0 Å². The highest BCUT2D eigenvalue weighted by Gasteiger charge is 2.11. The predicted octanol–water partition coefficient (Wildman–Crippen LogP) is 1.11. The highest BCUT2D eigenvalue weighted by Crippen LogP contribution is 2.06. The number of likely N-dealkylation sites (N-methyl/N-ethyl adjacent to an activating group) is 1. The van der Waals surface area contributed by atoms with Gasteiger partial charge in [0.1, 0.15) is 0 Å². The Morgan fingerprint density at radius 2 is 1.92 bits per heavy atom. The average Bonchev–Trinajstić information content (AvgIpc) is 2.00. The van der Waals surface area contributed by atoms with E-state index in [9.17, 15) is 0 Å². The molecule has 1 N–H and O–H groups in total. The average molecular weight is 189 g/mol. The normalized spacial score (nSPS) is 15.0. The quantitative estimate of drug-likeness (QED) is 0.703. The van der Waals surface area contributed by atoms with Crippen molar-refractivity contribution in [3.8, 4) is 0 Å². The molecule has 0 amide bonds. The van der Waals surface area contributed by atoms with Crippen LogP contribution in [0.2, 0.25) is 0 Å². The number of aliphatic hydroxyl groups excluding tert-OH is 1. The smallest absolute Gasteiger partial charge is 0.0600 e. The van der Waals surface area contributed by atoms with Gasteiger partial charge in [-0.25, -0.2) is 0 Å². The number of rotatable bonds is 5. The maximum atomic E-state index is 8.88. The van der Waals surface area contributed by atoms with Crippen LogP contribution >= 0.6 is 0 Å². The molecule has 0 heterocycles. The van der Waals surface area contributed by atoms with Gasteiger partial charge in [0.25, 0.3) is 0 Å². The summed E-state index contributed by atoms with van der Waals surface area (Å²) in [5.41, 5.74) is -0.0662. The summed E-state index contributed by atoms with van der Waals surface area (Å²) in [6.07, 6.45) is 0. The zero-order valence-electron chi connectivity index (χ0n) is 9.50. The van der Waals surface area contributed by atoms with Gasteiger partial charge in [0.15, 0.2) is 0 Å². The first kappa shape index (κ1) is 12.9. The highest BCUT2D eigenvalue weighted by molar-refractivity contribution is 4.63. The molecule has 0 radical (unpaired) electrons. The lowest BCUT2D eigenvalue weighted by molar-refractivity contribution is -0.0159. The van der Waals surface area contributed by atoms with E-state index in [2.05, 4.69) is 4.90 Å². The molecule has 0 aromatic heterocycles. The zero-order valence-corrected chi connectivity index (χ0v) is 9.50. The Hall–Kier alpha value is -0.120. The van der Waals surface area contributed by atoms with Gasteiger partial charge < -0.3 is 9.84 Å². The Kier molecular flexibility index (Phi) is 5.53. The van der Waals surface area contributed by atoms with Gasteiger partial charge in [-0.05, 0) is 34.7 Å². The van der Waals surface area contributed by atoms with Gasteiger partial charge >= 0.3 is 0 Å². The molecule has 3 heteroatoms. The van der Waals surface area contributed by atoms with Crippen LogP contribution in [0, 0.1) is 0 Å². The van der Waals surface area contributed by atoms with Gasteiger partial charge in [-0.3, -0.25) is 4.90 Å². The van der Waals surface area contributed by atoms with Crippen molar-refractivity contribution >= 4 is 0 Å². The van der Waals surface area contributed by atoms with Gasteiger partial charge in [0.05, 0.1) is 18.8 Å². The fourth-order valence-corrected chi connectivity index (χ4v) is 0.856. The van der Waals surface area contributed by atoms with E-state index in [1.54, 1.807) is 0 Å². The minimum atomic E-state index is -0.0662. The summed E-state index contributed by atoms with van der Waals surface area (Å²) in [6, 6.07) is 0.212. The van der Waals surface area contributed by atoms with Gasteiger partial charge in [0, 0.05) is 12.6 Å². The van der Waals surface area contributed by atoms with E-state index < -0.39 is 0 Å². The third kappa shape index (κ3) is 6.99. The number of hydrogen-bond acceptors (Lipinski definition) is 3. The van der Waals surface area contributed by atoms with E-state index in [4.69, 9.17) is 9.84 Å². The molecule has 1 unspecified atom stereocenters. The lowest BCUT2D eigenvalue weighted by Crippen LogP contribution is -2.36. The second kappa shape index (κ2) is 5.58. The molecule has 0 aromatic rings. The summed E-state index contributed by atoms with van der Waals surface area (Å²) in [4.78, 5) is 2.09. The third-order valence-electron chi connectivity index (χ3n) is 2.00. The summed E-state index contributed by atoms with van der Waals surface area (Å²) < 4.78 is 5.57. The van der Waals surface area contributed by atoms with Crippen LogP contribution in [0.3, 0.4) is 0 Å². The van der Waals surface area contributed by atoms with Crippen molar-refractivity contribution in [3.63, 3.8) is 0 Å². The van der Waals surface area contributed by atoms with Crippen LogP contribution in [0.5, 0.6) is 0 Å². The fourth-order valence-electron chi connectivity index (χ4n) is 0.856. The van der Waals surface area contributed by atoms with Crippen LogP contribution in [0.25, 0.3) is 0 Å². The highest BCUT2D eigenvalue weighted by atomic mass is 16.5. The molecule has 1 atom stereocenters. The summed E-state index contributed by atoms with van der Waals surface area (Å²) in [5.74, 6) is 0. The van der Waals surface area contributed by atoms with Crippen molar-refractivity contribution in [3.05, 3.63) is 0 Å². The van der Waals surface area contributed by atoms with Crippen LogP contribution in [0.1, 0.15) is 27.7 Å². The molecule has 0 fully saturated rings. The van der Waals surface area contributed by atoms with E-state index in [1.807, 2.05) is 34.7 Å². The Bertz CT molecular complexity index is 131. The predicted molar refractivity (Wildman–Crippen MR) is 54.9 cm³/mol. The second-order valence-corrected chi connectivity index (χ2v) is 4.47. The molecule has 0 bridgehead atoms. The van der Waals surface area contributed by atoms with E-state index >= 15 is 0 Å². The van der Waals surface area contributed by atoms with Gasteiger partial charge in [-0.2, -0.15) is 0 Å². The van der Waals surface area contributed by atoms with Gasteiger partial charge in [0.2, 0.25) is 0 Å². The van der Waals surface area contributed by atoms with Crippen molar-refractivity contribution in [1.82, 2.24) is 4.90 Å². The van der Waals surface area contributed by atoms with Crippen LogP contribution in [-0.2, 0) is 4.74 Å². The molecule has 0 aromatic carbocycles. The van der Waals surface area contributed by atoms with Crippen molar-refractivity contribution in [1.29, 1.82) is 0 Å². The minimum absolute atomic E-state index is 0.0662. The minimum Gasteiger partial charge on any atom is -0.395 e. The molecule has 0 aliphatic carbocycles. The first-order chi connectivity index (χ1) is 5.87. The number of ether oxygens (including phenoxy) is 1. The molecular formula is C10H23NO2. The van der Waals surface area contributed by atoms with Crippen molar-refractivity contribution in [2.75, 3.05) is 26.8 Å². The maximum absolute atomic E-state index is 8.88. The standard InChI is InChI=1S/C10H23NO2/c1-9(8-12)11(5)6-7-13-10(2,3)4/h9,12H,6-8H2,1-5H3. The van der Waals surface area contributed by atoms with E-state index in [1.165, 1.54) is 0 Å². The lowest BCUT2D eigenvalue weighted by Gasteiger charge is -2.25. The largest absolute Gasteiger partial charge is 0.395 e. The maximum Gasteiger partial charge on any atom is 0.0600 e. The van der Waals surface area contributed by atoms with E-state index in [0.29, 0.717) is 6.61 Å². The van der Waals surface area contributed by atoms with Gasteiger partial charge in [-0.15, -0.1) is 0 Å². The number of aliphatic hydroxyl groups is 1. The molecule has 0 aliphatic heterocycles. The summed E-state index contributed by atoms with van der Waals surface area (Å²) >= 11 is 0. The zero-order chi connectivity index (χ0) is 10.5. The topological polar surface area (TPSA) is 32.7 Å². The Morgan fingerprint density at radius 3 is 2.31 bits per heavy atom. The Balaban J connectivity index is 3.53. The van der Waals surface area contributed by atoms with Crippen molar-refractivity contribution < 1.29 is 9.84 Å². The van der Waals surface area contributed by atoms with Crippen LogP contribution in [0.4, 0.5) is 0 Å². The van der Waals surface area contributed by atoms with E-state index in [0.717, 1.165) is 6.54 Å². The fraction of sp³-hybridized carbons (Fsp3) is 1.00. The summed E-state index contributed by atoms with van der Waals surface area (Å²) in [7, 11) is 1.99. The molecule has 0 saturated heterocycles. The first-order valence-electron chi connectivity index (χ1n) is 4.82. The van der Waals surface area contributed by atoms with Crippen LogP contribution in [-0.4, -0.2) is 48.5 Å². The monoisotopic (exact) mass is 189 g/mol. The molecule has 0 rings (SSSR count). The van der Waals surface area contributed by atoms with Crippen molar-refractivity contribution in [2.24, 2.45) is 0 Å². The Morgan fingerprint density at radius 1 is 1.38 bits per heavy atom. The number of hydrogen-bond donors (Lipinski definition) is 1. The number of nitrogens with zero attached hydrogens (tertiary/aromatic N) is 1. The third-order valence-corrected chi connectivity index (χ3v) is 2.00. The van der Waals surface area contributed by atoms with Crippen molar-refractivity contribution in [2.45, 2.75) is 39.3 Å².